The Hall–Kier alpha value is -1.94. The van der Waals surface area contributed by atoms with Gasteiger partial charge in [-0.15, -0.1) is 11.8 Å². The van der Waals surface area contributed by atoms with Crippen LogP contribution in [0.25, 0.3) is 0 Å². The molecule has 0 aromatic heterocycles. The lowest BCUT2D eigenvalue weighted by atomic mass is 9.63. The molecule has 2 atom stereocenters. The van der Waals surface area contributed by atoms with Crippen LogP contribution in [0.15, 0.2) is 18.2 Å². The molecule has 2 rings (SSSR count). The van der Waals surface area contributed by atoms with Crippen molar-refractivity contribution in [2.45, 2.75) is 56.0 Å². The molecule has 0 saturated heterocycles. The van der Waals surface area contributed by atoms with Gasteiger partial charge in [0, 0.05) is 5.41 Å². The van der Waals surface area contributed by atoms with Crippen molar-refractivity contribution in [3.8, 4) is 5.75 Å². The van der Waals surface area contributed by atoms with E-state index >= 15 is 0 Å². The molecule has 1 amide bonds. The number of alkyl halides is 3. The Bertz CT molecular complexity index is 709. The smallest absolute Gasteiger partial charge is 0.430 e. The third-order valence-corrected chi connectivity index (χ3v) is 6.52. The summed E-state index contributed by atoms with van der Waals surface area (Å²) < 4.78 is 31.5. The maximum Gasteiger partial charge on any atom is 0.430 e. The summed E-state index contributed by atoms with van der Waals surface area (Å²) in [6, 6.07) is 5.85. The monoisotopic (exact) mass is 422 g/mol. The van der Waals surface area contributed by atoms with E-state index in [9.17, 15) is 23.1 Å². The maximum absolute atomic E-state index is 11.1. The molecular weight excluding hydrogens is 397 g/mol. The predicted molar refractivity (Wildman–Crippen MR) is 97.2 cm³/mol. The van der Waals surface area contributed by atoms with Gasteiger partial charge >= 0.3 is 6.18 Å². The number of rotatable bonds is 5. The molecule has 1 aliphatic rings. The quantitative estimate of drug-likeness (QED) is 0.636. The van der Waals surface area contributed by atoms with Crippen LogP contribution < -0.4 is 16.6 Å². The number of aromatic hydroxyl groups is 1. The number of benzene rings is 1. The zero-order valence-electron chi connectivity index (χ0n) is 15.7. The van der Waals surface area contributed by atoms with Gasteiger partial charge in [-0.25, -0.2) is 0 Å². The second-order valence-electron chi connectivity index (χ2n) is 6.62. The van der Waals surface area contributed by atoms with Crippen LogP contribution in [-0.2, 0) is 21.4 Å². The third kappa shape index (κ3) is 5.54. The molecule has 0 bridgehead atoms. The highest BCUT2D eigenvalue weighted by molar-refractivity contribution is 8.00. The number of carboxylic acids is 1. The zero-order chi connectivity index (χ0) is 21.7. The minimum Gasteiger partial charge on any atom is -0.542 e. The van der Waals surface area contributed by atoms with Crippen molar-refractivity contribution in [2.75, 3.05) is 5.75 Å². The van der Waals surface area contributed by atoms with Gasteiger partial charge in [0.2, 0.25) is 5.91 Å². The number of fused-ring (bicyclic) bond motifs is 1. The Balaban J connectivity index is 0.000000480. The molecule has 0 saturated carbocycles. The third-order valence-electron chi connectivity index (χ3n) is 5.14. The van der Waals surface area contributed by atoms with E-state index in [0.29, 0.717) is 11.5 Å². The summed E-state index contributed by atoms with van der Waals surface area (Å²) >= 11 is 1.61. The van der Waals surface area contributed by atoms with E-state index in [2.05, 4.69) is 19.6 Å². The Morgan fingerprint density at radius 1 is 1.36 bits per heavy atom. The topological polar surface area (TPSA) is 131 Å². The van der Waals surface area contributed by atoms with E-state index in [-0.39, 0.29) is 22.6 Å². The van der Waals surface area contributed by atoms with Crippen molar-refractivity contribution >= 4 is 23.6 Å². The number of quaternary nitrogens is 1. The van der Waals surface area contributed by atoms with Gasteiger partial charge in [-0.3, -0.25) is 4.79 Å². The van der Waals surface area contributed by atoms with Crippen LogP contribution in [0.5, 0.6) is 5.75 Å². The van der Waals surface area contributed by atoms with Gasteiger partial charge in [-0.2, -0.15) is 13.2 Å². The van der Waals surface area contributed by atoms with Crippen molar-refractivity contribution in [1.82, 2.24) is 0 Å². The number of nitrogens with two attached hydrogens (primary N) is 1. The summed E-state index contributed by atoms with van der Waals surface area (Å²) in [6.07, 6.45) is -2.37. The normalized spacial score (nSPS) is 20.5. The highest BCUT2D eigenvalue weighted by atomic mass is 32.2. The van der Waals surface area contributed by atoms with Crippen molar-refractivity contribution in [3.63, 3.8) is 0 Å². The molecule has 0 spiro atoms. The van der Waals surface area contributed by atoms with Gasteiger partial charge in [-0.1, -0.05) is 19.9 Å². The first-order valence-electron chi connectivity index (χ1n) is 8.72. The Morgan fingerprint density at radius 2 is 1.89 bits per heavy atom. The number of carbonyl (C=O) groups is 2. The lowest BCUT2D eigenvalue weighted by Crippen LogP contribution is -2.75. The minimum atomic E-state index is -5.19. The average molecular weight is 422 g/mol. The molecule has 0 fully saturated rings. The van der Waals surface area contributed by atoms with Crippen LogP contribution in [0.1, 0.15) is 37.8 Å². The van der Waals surface area contributed by atoms with Gasteiger partial charge in [0.1, 0.15) is 17.8 Å². The Kier molecular flexibility index (Phi) is 8.18. The fourth-order valence-electron chi connectivity index (χ4n) is 3.64. The number of hydrogen-bond donors (Lipinski definition) is 3. The second kappa shape index (κ2) is 9.51. The fourth-order valence-corrected chi connectivity index (χ4v) is 4.81. The standard InChI is InChI=1S/C16H24N2O2S.C2HF3O2/c1-3-16(4-2)12-8-11(19)6-5-10(12)7-13(15(16)18)21-9-14(17)20;3-2(4,5)1(6)7/h5-6,8,13,15,19H,3-4,7,9,18H2,1-2H3,(H2,17,20);(H,6,7)/t13-,15+;/m1./s1. The van der Waals surface area contributed by atoms with Crippen molar-refractivity contribution < 1.29 is 38.7 Å². The highest BCUT2D eigenvalue weighted by Crippen LogP contribution is 2.45. The Labute approximate surface area is 165 Å². The molecule has 158 valence electrons. The molecule has 1 aliphatic carbocycles. The number of primary amides is 1. The summed E-state index contributed by atoms with van der Waals surface area (Å²) in [7, 11) is 0. The SMILES string of the molecule is CCC1(CC)c2cc(O)ccc2C[C@@H](SCC(N)=O)[C@@H]1[NH3+].O=C([O-])C(F)(F)F. The summed E-state index contributed by atoms with van der Waals surface area (Å²) in [4.78, 5) is 19.9. The first-order valence-corrected chi connectivity index (χ1v) is 9.77. The highest BCUT2D eigenvalue weighted by Gasteiger charge is 2.47. The molecule has 1 aromatic rings. The molecular formula is C18H25F3N2O4S. The second-order valence-corrected chi connectivity index (χ2v) is 7.84. The molecule has 0 heterocycles. The number of carbonyl (C=O) groups excluding carboxylic acids is 2. The van der Waals surface area contributed by atoms with Crippen LogP contribution >= 0.6 is 11.8 Å². The van der Waals surface area contributed by atoms with E-state index in [1.807, 2.05) is 12.1 Å². The first-order chi connectivity index (χ1) is 12.9. The molecule has 0 aliphatic heterocycles. The van der Waals surface area contributed by atoms with Crippen LogP contribution in [0.4, 0.5) is 13.2 Å². The van der Waals surface area contributed by atoms with E-state index in [1.54, 1.807) is 17.8 Å². The first kappa shape index (κ1) is 24.1. The number of halogens is 3. The lowest BCUT2D eigenvalue weighted by Gasteiger charge is -2.44. The number of phenols is 1. The number of amides is 1. The molecule has 0 radical (unpaired) electrons. The zero-order valence-corrected chi connectivity index (χ0v) is 16.5. The van der Waals surface area contributed by atoms with Gasteiger partial charge in [0.05, 0.1) is 11.0 Å². The number of thioether (sulfide) groups is 1. The molecule has 6 nitrogen and oxygen atoms in total. The van der Waals surface area contributed by atoms with E-state index in [4.69, 9.17) is 15.6 Å². The van der Waals surface area contributed by atoms with Crippen molar-refractivity contribution in [3.05, 3.63) is 29.3 Å². The van der Waals surface area contributed by atoms with Gasteiger partial charge < -0.3 is 26.5 Å². The maximum atomic E-state index is 11.1. The number of phenolic OH excluding ortho intramolecular Hbond substituents is 1. The fraction of sp³-hybridized carbons (Fsp3) is 0.556. The molecule has 6 N–H and O–H groups in total. The largest absolute Gasteiger partial charge is 0.542 e. The minimum absolute atomic E-state index is 0.0400. The molecule has 28 heavy (non-hydrogen) atoms. The summed E-state index contributed by atoms with van der Waals surface area (Å²) in [6.45, 7) is 4.35. The van der Waals surface area contributed by atoms with E-state index in [0.717, 1.165) is 19.3 Å². The van der Waals surface area contributed by atoms with E-state index in [1.165, 1.54) is 11.1 Å². The summed E-state index contributed by atoms with van der Waals surface area (Å²) in [5, 5.41) is 18.9. The van der Waals surface area contributed by atoms with Crippen molar-refractivity contribution in [1.29, 1.82) is 0 Å². The molecule has 1 aromatic carbocycles. The molecule has 10 heteroatoms. The van der Waals surface area contributed by atoms with E-state index < -0.39 is 12.1 Å². The summed E-state index contributed by atoms with van der Waals surface area (Å²) in [5.41, 5.74) is 12.2. The van der Waals surface area contributed by atoms with Gasteiger partial charge in [0.25, 0.3) is 0 Å². The summed E-state index contributed by atoms with van der Waals surface area (Å²) in [5.74, 6) is -2.63. The van der Waals surface area contributed by atoms with Crippen LogP contribution in [0, 0.1) is 0 Å². The van der Waals surface area contributed by atoms with Crippen LogP contribution in [0.2, 0.25) is 0 Å². The number of hydrogen-bond acceptors (Lipinski definition) is 5. The predicted octanol–water partition coefficient (Wildman–Crippen LogP) is 0.502. The average Bonchev–Trinajstić information content (AvgIpc) is 2.60. The Morgan fingerprint density at radius 3 is 2.32 bits per heavy atom. The molecule has 0 unspecified atom stereocenters. The number of carboxylic acid groups (broad SMARTS) is 1. The van der Waals surface area contributed by atoms with Gasteiger partial charge in [-0.05, 0) is 42.5 Å². The van der Waals surface area contributed by atoms with Crippen LogP contribution in [-0.4, -0.2) is 40.2 Å². The van der Waals surface area contributed by atoms with Crippen LogP contribution in [0.3, 0.4) is 0 Å². The van der Waals surface area contributed by atoms with Crippen molar-refractivity contribution in [2.24, 2.45) is 5.73 Å². The number of aliphatic carboxylic acids is 1. The van der Waals surface area contributed by atoms with Gasteiger partial charge in [0.15, 0.2) is 0 Å². The lowest BCUT2D eigenvalue weighted by molar-refractivity contribution is -0.439.